The van der Waals surface area contributed by atoms with Crippen molar-refractivity contribution in [1.82, 2.24) is 5.32 Å². The van der Waals surface area contributed by atoms with E-state index in [0.717, 1.165) is 16.9 Å². The minimum atomic E-state index is -0.516. The number of nitro groups is 1. The van der Waals surface area contributed by atoms with E-state index in [9.17, 15) is 14.9 Å². The van der Waals surface area contributed by atoms with Crippen LogP contribution in [0.4, 0.5) is 5.00 Å². The lowest BCUT2D eigenvalue weighted by atomic mass is 10.1. The van der Waals surface area contributed by atoms with Crippen LogP contribution in [0.3, 0.4) is 0 Å². The Kier molecular flexibility index (Phi) is 6.93. The Hall–Kier alpha value is -2.65. The lowest BCUT2D eigenvalue weighted by Crippen LogP contribution is -2.25. The molecule has 2 rings (SSSR count). The molecular weight excluding hydrogens is 360 g/mol. The number of benzene rings is 1. The summed E-state index contributed by atoms with van der Waals surface area (Å²) < 4.78 is 15.9. The lowest BCUT2D eigenvalue weighted by Gasteiger charge is -2.17. The molecule has 1 atom stereocenters. The maximum atomic E-state index is 12.3. The molecule has 1 unspecified atom stereocenters. The maximum absolute atomic E-state index is 12.3. The summed E-state index contributed by atoms with van der Waals surface area (Å²) in [5.74, 6) is 0.766. The zero-order valence-corrected chi connectivity index (χ0v) is 15.5. The van der Waals surface area contributed by atoms with Gasteiger partial charge in [-0.3, -0.25) is 14.9 Å². The highest BCUT2D eigenvalue weighted by atomic mass is 32.1. The number of carbonyl (C=O) groups excluding carboxylic acids is 1. The molecule has 0 aliphatic heterocycles. The molecule has 0 bridgehead atoms. The molecule has 0 spiro atoms. The number of nitrogens with zero attached hydrogens (tertiary/aromatic N) is 1. The van der Waals surface area contributed by atoms with Gasteiger partial charge < -0.3 is 19.5 Å². The van der Waals surface area contributed by atoms with Gasteiger partial charge in [0, 0.05) is 13.2 Å². The Morgan fingerprint density at radius 1 is 1.23 bits per heavy atom. The van der Waals surface area contributed by atoms with Gasteiger partial charge in [-0.15, -0.1) is 0 Å². The molecule has 1 N–H and O–H groups in total. The molecule has 1 heterocycles. The third-order valence-corrected chi connectivity index (χ3v) is 4.61. The molecule has 0 saturated heterocycles. The number of methoxy groups -OCH3 is 2. The molecule has 26 heavy (non-hydrogen) atoms. The van der Waals surface area contributed by atoms with E-state index < -0.39 is 4.92 Å². The molecule has 0 saturated carbocycles. The maximum Gasteiger partial charge on any atom is 0.324 e. The standard InChI is InChI=1S/C17H20N2O6S/c1-11(18-17(20)15-6-7-16(26-15)19(21)22)12-4-5-13(14(10-12)24-3)25-9-8-23-2/h4-7,10-11H,8-9H2,1-3H3,(H,18,20). The van der Waals surface area contributed by atoms with Gasteiger partial charge in [-0.1, -0.05) is 17.4 Å². The van der Waals surface area contributed by atoms with Crippen molar-refractivity contribution in [2.24, 2.45) is 0 Å². The number of carbonyl (C=O) groups is 1. The summed E-state index contributed by atoms with van der Waals surface area (Å²) in [4.78, 5) is 22.8. The predicted molar refractivity (Wildman–Crippen MR) is 97.2 cm³/mol. The van der Waals surface area contributed by atoms with Crippen molar-refractivity contribution < 1.29 is 23.9 Å². The van der Waals surface area contributed by atoms with E-state index in [1.165, 1.54) is 19.2 Å². The topological polar surface area (TPSA) is 99.9 Å². The number of hydrogen-bond donors (Lipinski definition) is 1. The van der Waals surface area contributed by atoms with Gasteiger partial charge in [0.15, 0.2) is 11.5 Å². The molecule has 0 radical (unpaired) electrons. The fourth-order valence-electron chi connectivity index (χ4n) is 2.21. The Morgan fingerprint density at radius 3 is 2.62 bits per heavy atom. The van der Waals surface area contributed by atoms with E-state index in [1.54, 1.807) is 19.2 Å². The second-order valence-corrected chi connectivity index (χ2v) is 6.40. The molecule has 0 fully saturated rings. The van der Waals surface area contributed by atoms with Crippen molar-refractivity contribution in [2.75, 3.05) is 27.4 Å². The monoisotopic (exact) mass is 380 g/mol. The normalized spacial score (nSPS) is 11.7. The third kappa shape index (κ3) is 4.93. The molecule has 0 aliphatic carbocycles. The van der Waals surface area contributed by atoms with Gasteiger partial charge in [0.25, 0.3) is 5.91 Å². The van der Waals surface area contributed by atoms with Gasteiger partial charge in [0.05, 0.1) is 29.6 Å². The van der Waals surface area contributed by atoms with Crippen LogP contribution < -0.4 is 14.8 Å². The smallest absolute Gasteiger partial charge is 0.324 e. The van der Waals surface area contributed by atoms with Crippen molar-refractivity contribution in [3.8, 4) is 11.5 Å². The molecule has 2 aromatic rings. The second kappa shape index (κ2) is 9.16. The van der Waals surface area contributed by atoms with Gasteiger partial charge in [-0.25, -0.2) is 0 Å². The van der Waals surface area contributed by atoms with Gasteiger partial charge >= 0.3 is 5.00 Å². The van der Waals surface area contributed by atoms with Gasteiger partial charge in [-0.05, 0) is 30.7 Å². The Bertz CT molecular complexity index is 776. The first kappa shape index (κ1) is 19.7. The molecule has 1 amide bonds. The second-order valence-electron chi connectivity index (χ2n) is 5.34. The number of ether oxygens (including phenoxy) is 3. The summed E-state index contributed by atoms with van der Waals surface area (Å²) in [5, 5.41) is 13.5. The van der Waals surface area contributed by atoms with E-state index >= 15 is 0 Å². The van der Waals surface area contributed by atoms with E-state index in [1.807, 2.05) is 13.0 Å². The van der Waals surface area contributed by atoms with Gasteiger partial charge in [0.2, 0.25) is 0 Å². The average Bonchev–Trinajstić information content (AvgIpc) is 3.12. The zero-order valence-electron chi connectivity index (χ0n) is 14.7. The van der Waals surface area contributed by atoms with E-state index in [4.69, 9.17) is 14.2 Å². The summed E-state index contributed by atoms with van der Waals surface area (Å²) in [5.41, 5.74) is 0.820. The highest BCUT2D eigenvalue weighted by molar-refractivity contribution is 7.17. The first-order chi connectivity index (χ1) is 12.5. The molecule has 140 valence electrons. The van der Waals surface area contributed by atoms with Gasteiger partial charge in [-0.2, -0.15) is 0 Å². The van der Waals surface area contributed by atoms with Crippen LogP contribution in [-0.2, 0) is 4.74 Å². The minimum Gasteiger partial charge on any atom is -0.493 e. The van der Waals surface area contributed by atoms with Crippen molar-refractivity contribution in [3.05, 3.63) is 50.9 Å². The number of thiophene rings is 1. The Morgan fingerprint density at radius 2 is 2.00 bits per heavy atom. The molecule has 1 aromatic heterocycles. The van der Waals surface area contributed by atoms with Crippen LogP contribution in [0, 0.1) is 10.1 Å². The van der Waals surface area contributed by atoms with E-state index in [0.29, 0.717) is 24.7 Å². The summed E-state index contributed by atoms with van der Waals surface area (Å²) in [6.45, 7) is 2.68. The molecule has 1 aromatic carbocycles. The third-order valence-electron chi connectivity index (χ3n) is 3.58. The number of amides is 1. The SMILES string of the molecule is COCCOc1ccc(C(C)NC(=O)c2ccc([N+](=O)[O-])s2)cc1OC. The van der Waals surface area contributed by atoms with E-state index in [-0.39, 0.29) is 21.8 Å². The van der Waals surface area contributed by atoms with E-state index in [2.05, 4.69) is 5.32 Å². The fraction of sp³-hybridized carbons (Fsp3) is 0.353. The van der Waals surface area contributed by atoms with Crippen molar-refractivity contribution in [3.63, 3.8) is 0 Å². The van der Waals surface area contributed by atoms with Crippen LogP contribution in [-0.4, -0.2) is 38.3 Å². The van der Waals surface area contributed by atoms with Crippen LogP contribution in [0.15, 0.2) is 30.3 Å². The summed E-state index contributed by atoms with van der Waals surface area (Å²) >= 11 is 0.840. The number of nitrogens with one attached hydrogen (secondary N) is 1. The average molecular weight is 380 g/mol. The zero-order chi connectivity index (χ0) is 19.1. The van der Waals surface area contributed by atoms with Crippen LogP contribution >= 0.6 is 11.3 Å². The van der Waals surface area contributed by atoms with Crippen LogP contribution in [0.1, 0.15) is 28.2 Å². The highest BCUT2D eigenvalue weighted by Gasteiger charge is 2.18. The van der Waals surface area contributed by atoms with Crippen molar-refractivity contribution >= 4 is 22.2 Å². The largest absolute Gasteiger partial charge is 0.493 e. The van der Waals surface area contributed by atoms with Crippen molar-refractivity contribution in [1.29, 1.82) is 0 Å². The molecular formula is C17H20N2O6S. The summed E-state index contributed by atoms with van der Waals surface area (Å²) in [6.07, 6.45) is 0. The quantitative estimate of drug-likeness (QED) is 0.407. The highest BCUT2D eigenvalue weighted by Crippen LogP contribution is 2.31. The number of hydrogen-bond acceptors (Lipinski definition) is 7. The molecule has 0 aliphatic rings. The van der Waals surface area contributed by atoms with Crippen LogP contribution in [0.25, 0.3) is 0 Å². The number of rotatable bonds is 9. The first-order valence-electron chi connectivity index (χ1n) is 7.81. The minimum absolute atomic E-state index is 0.0676. The first-order valence-corrected chi connectivity index (χ1v) is 8.62. The lowest BCUT2D eigenvalue weighted by molar-refractivity contribution is -0.380. The fourth-order valence-corrected chi connectivity index (χ4v) is 2.93. The predicted octanol–water partition coefficient (Wildman–Crippen LogP) is 3.18. The van der Waals surface area contributed by atoms with Crippen molar-refractivity contribution in [2.45, 2.75) is 13.0 Å². The van der Waals surface area contributed by atoms with Gasteiger partial charge in [0.1, 0.15) is 6.61 Å². The van der Waals surface area contributed by atoms with Crippen LogP contribution in [0.5, 0.6) is 11.5 Å². The summed E-state index contributed by atoms with van der Waals surface area (Å²) in [7, 11) is 3.13. The van der Waals surface area contributed by atoms with Crippen LogP contribution in [0.2, 0.25) is 0 Å². The Labute approximate surface area is 154 Å². The molecule has 8 nitrogen and oxygen atoms in total. The molecule has 9 heteroatoms. The Balaban J connectivity index is 2.06. The summed E-state index contributed by atoms with van der Waals surface area (Å²) in [6, 6.07) is 7.82.